The normalized spacial score (nSPS) is 18.2. The average Bonchev–Trinajstić information content (AvgIpc) is 3.40. The van der Waals surface area contributed by atoms with Crippen molar-refractivity contribution < 1.29 is 19.1 Å². The molecule has 0 unspecified atom stereocenters. The molecule has 2 amide bonds. The highest BCUT2D eigenvalue weighted by Gasteiger charge is 2.25. The number of hydrogen-bond acceptors (Lipinski definition) is 6. The molecule has 2 aromatic rings. The Balaban J connectivity index is 1.17. The van der Waals surface area contributed by atoms with E-state index < -0.39 is 0 Å². The minimum Gasteiger partial charge on any atom is -0.454 e. The minimum absolute atomic E-state index is 0.0247. The summed E-state index contributed by atoms with van der Waals surface area (Å²) < 4.78 is 12.8. The summed E-state index contributed by atoms with van der Waals surface area (Å²) in [6.45, 7) is 2.57. The van der Waals surface area contributed by atoms with Gasteiger partial charge in [0.2, 0.25) is 12.7 Å². The number of hydrogen-bond donors (Lipinski definition) is 1. The lowest BCUT2D eigenvalue weighted by molar-refractivity contribution is -0.125. The van der Waals surface area contributed by atoms with Gasteiger partial charge in [0.15, 0.2) is 11.5 Å². The Hall–Kier alpha value is -3.10. The second kappa shape index (κ2) is 9.18. The van der Waals surface area contributed by atoms with Gasteiger partial charge in [0.05, 0.1) is 0 Å². The van der Waals surface area contributed by atoms with Crippen LogP contribution in [0.3, 0.4) is 0 Å². The van der Waals surface area contributed by atoms with E-state index in [1.165, 1.54) is 6.42 Å². The second-order valence-electron chi connectivity index (χ2n) is 8.67. The summed E-state index contributed by atoms with van der Waals surface area (Å²) in [5, 5.41) is 11.8. The summed E-state index contributed by atoms with van der Waals surface area (Å²) in [6.07, 6.45) is 6.83. The molecule has 5 rings (SSSR count). The summed E-state index contributed by atoms with van der Waals surface area (Å²) in [6, 6.07) is 5.30. The first-order valence-electron chi connectivity index (χ1n) is 11.6. The van der Waals surface area contributed by atoms with E-state index in [0.717, 1.165) is 37.3 Å². The van der Waals surface area contributed by atoms with Gasteiger partial charge < -0.3 is 24.3 Å². The van der Waals surface area contributed by atoms with Crippen molar-refractivity contribution in [1.29, 1.82) is 0 Å². The Morgan fingerprint density at radius 3 is 2.75 bits per heavy atom. The average molecular weight is 440 g/mol. The molecule has 9 nitrogen and oxygen atoms in total. The highest BCUT2D eigenvalue weighted by atomic mass is 16.7. The van der Waals surface area contributed by atoms with E-state index in [9.17, 15) is 9.59 Å². The summed E-state index contributed by atoms with van der Waals surface area (Å²) in [7, 11) is 0. The van der Waals surface area contributed by atoms with Crippen molar-refractivity contribution in [2.75, 3.05) is 26.4 Å². The number of aromatic nitrogens is 3. The first-order chi connectivity index (χ1) is 15.7. The van der Waals surface area contributed by atoms with Crippen molar-refractivity contribution in [2.24, 2.45) is 5.92 Å². The number of carbonyl (C=O) groups is 2. The van der Waals surface area contributed by atoms with Gasteiger partial charge in [0.25, 0.3) is 5.91 Å². The maximum atomic E-state index is 13.0. The summed E-state index contributed by atoms with van der Waals surface area (Å²) >= 11 is 0. The van der Waals surface area contributed by atoms with Gasteiger partial charge in [-0.15, -0.1) is 10.2 Å². The first-order valence-corrected chi connectivity index (χ1v) is 11.6. The van der Waals surface area contributed by atoms with Crippen molar-refractivity contribution in [2.45, 2.75) is 51.5 Å². The minimum atomic E-state index is -0.0247. The molecule has 1 N–H and O–H groups in total. The number of nitrogens with zero attached hydrogens (tertiary/aromatic N) is 4. The second-order valence-corrected chi connectivity index (χ2v) is 8.67. The molecule has 0 bridgehead atoms. The Kier molecular flexibility index (Phi) is 5.96. The van der Waals surface area contributed by atoms with Gasteiger partial charge in [-0.3, -0.25) is 9.59 Å². The number of benzene rings is 1. The van der Waals surface area contributed by atoms with Crippen LogP contribution in [0.4, 0.5) is 0 Å². The van der Waals surface area contributed by atoms with Gasteiger partial charge >= 0.3 is 0 Å². The smallest absolute Gasteiger partial charge is 0.254 e. The van der Waals surface area contributed by atoms with E-state index >= 15 is 0 Å². The van der Waals surface area contributed by atoms with Crippen LogP contribution in [0.25, 0.3) is 0 Å². The number of amides is 2. The molecule has 3 aliphatic rings. The van der Waals surface area contributed by atoms with Gasteiger partial charge in [0.1, 0.15) is 11.6 Å². The highest BCUT2D eigenvalue weighted by Crippen LogP contribution is 2.33. The fraction of sp³-hybridized carbons (Fsp3) is 0.565. The molecule has 0 radical (unpaired) electrons. The van der Waals surface area contributed by atoms with Crippen molar-refractivity contribution >= 4 is 11.8 Å². The van der Waals surface area contributed by atoms with Crippen LogP contribution < -0.4 is 14.8 Å². The molecule has 0 atom stereocenters. The van der Waals surface area contributed by atoms with E-state index in [2.05, 4.69) is 20.1 Å². The predicted octanol–water partition coefficient (Wildman–Crippen LogP) is 1.94. The third kappa shape index (κ3) is 4.28. The zero-order valence-corrected chi connectivity index (χ0v) is 18.2. The molecule has 1 aliphatic carbocycles. The monoisotopic (exact) mass is 439 g/mol. The van der Waals surface area contributed by atoms with E-state index in [4.69, 9.17) is 9.47 Å². The Morgan fingerprint density at radius 2 is 1.88 bits per heavy atom. The maximum absolute atomic E-state index is 13.0. The third-order valence-electron chi connectivity index (χ3n) is 6.63. The SMILES string of the molecule is O=C(NCCc1nnc2n1CCN(C(=O)c1ccc3c(c1)OCO3)CC2)C1CCCCC1. The molecular weight excluding hydrogens is 410 g/mol. The third-order valence-corrected chi connectivity index (χ3v) is 6.63. The standard InChI is InChI=1S/C23H29N5O4/c29-22(16-4-2-1-3-5-16)24-10-8-20-25-26-21-9-11-27(12-13-28(20)21)23(30)17-6-7-18-19(14-17)32-15-31-18/h6-7,14,16H,1-5,8-13,15H2,(H,24,29). The molecule has 2 aliphatic heterocycles. The number of carbonyl (C=O) groups excluding carboxylic acids is 2. The molecule has 1 saturated carbocycles. The first kappa shape index (κ1) is 20.8. The number of ether oxygens (including phenoxy) is 2. The van der Waals surface area contributed by atoms with Crippen LogP contribution in [0.5, 0.6) is 11.5 Å². The Morgan fingerprint density at radius 1 is 1.03 bits per heavy atom. The molecule has 1 aromatic heterocycles. The van der Waals surface area contributed by atoms with Crippen LogP contribution >= 0.6 is 0 Å². The maximum Gasteiger partial charge on any atom is 0.254 e. The number of rotatable bonds is 5. The molecule has 9 heteroatoms. The summed E-state index contributed by atoms with van der Waals surface area (Å²) in [5.41, 5.74) is 0.595. The molecule has 1 aromatic carbocycles. The highest BCUT2D eigenvalue weighted by molar-refractivity contribution is 5.95. The zero-order valence-electron chi connectivity index (χ0n) is 18.2. The quantitative estimate of drug-likeness (QED) is 0.765. The number of fused-ring (bicyclic) bond motifs is 2. The zero-order chi connectivity index (χ0) is 21.9. The molecular formula is C23H29N5O4. The number of nitrogens with one attached hydrogen (secondary N) is 1. The Labute approximate surface area is 187 Å². The molecule has 0 spiro atoms. The van der Waals surface area contributed by atoms with Crippen LogP contribution in [-0.4, -0.2) is 57.9 Å². The van der Waals surface area contributed by atoms with Crippen LogP contribution in [0.1, 0.15) is 54.1 Å². The van der Waals surface area contributed by atoms with Gasteiger partial charge in [-0.25, -0.2) is 0 Å². The molecule has 3 heterocycles. The van der Waals surface area contributed by atoms with Crippen molar-refractivity contribution in [3.05, 3.63) is 35.4 Å². The molecule has 1 fully saturated rings. The lowest BCUT2D eigenvalue weighted by Gasteiger charge is -2.21. The largest absolute Gasteiger partial charge is 0.454 e. The predicted molar refractivity (Wildman–Crippen MR) is 115 cm³/mol. The van der Waals surface area contributed by atoms with Crippen molar-refractivity contribution in [1.82, 2.24) is 25.0 Å². The Bertz CT molecular complexity index is 998. The van der Waals surface area contributed by atoms with Gasteiger partial charge in [-0.05, 0) is 31.0 Å². The molecule has 0 saturated heterocycles. The van der Waals surface area contributed by atoms with Crippen LogP contribution in [0.15, 0.2) is 18.2 Å². The lowest BCUT2D eigenvalue weighted by Crippen LogP contribution is -2.34. The van der Waals surface area contributed by atoms with E-state index in [-0.39, 0.29) is 24.5 Å². The topological polar surface area (TPSA) is 98.6 Å². The van der Waals surface area contributed by atoms with Crippen LogP contribution in [-0.2, 0) is 24.2 Å². The fourth-order valence-corrected chi connectivity index (χ4v) is 4.79. The van der Waals surface area contributed by atoms with E-state index in [1.807, 2.05) is 4.90 Å². The lowest BCUT2D eigenvalue weighted by atomic mass is 9.89. The summed E-state index contributed by atoms with van der Waals surface area (Å²) in [5.74, 6) is 3.34. The van der Waals surface area contributed by atoms with E-state index in [0.29, 0.717) is 56.1 Å². The van der Waals surface area contributed by atoms with Gasteiger partial charge in [-0.1, -0.05) is 19.3 Å². The molecule has 32 heavy (non-hydrogen) atoms. The summed E-state index contributed by atoms with van der Waals surface area (Å²) in [4.78, 5) is 27.3. The van der Waals surface area contributed by atoms with E-state index in [1.54, 1.807) is 18.2 Å². The van der Waals surface area contributed by atoms with Gasteiger partial charge in [-0.2, -0.15) is 0 Å². The molecule has 170 valence electrons. The van der Waals surface area contributed by atoms with Crippen LogP contribution in [0, 0.1) is 5.92 Å². The van der Waals surface area contributed by atoms with Crippen molar-refractivity contribution in [3.63, 3.8) is 0 Å². The van der Waals surface area contributed by atoms with Crippen LogP contribution in [0.2, 0.25) is 0 Å². The fourth-order valence-electron chi connectivity index (χ4n) is 4.79. The van der Waals surface area contributed by atoms with Gasteiger partial charge in [0, 0.05) is 50.5 Å². The van der Waals surface area contributed by atoms with Crippen molar-refractivity contribution in [3.8, 4) is 11.5 Å².